The van der Waals surface area contributed by atoms with Crippen molar-refractivity contribution in [2.75, 3.05) is 14.7 Å². The summed E-state index contributed by atoms with van der Waals surface area (Å²) in [5, 5.41) is 9.01. The van der Waals surface area contributed by atoms with Gasteiger partial charge in [0, 0.05) is 73.6 Å². The molecule has 0 atom stereocenters. The molecule has 16 rings (SSSR count). The van der Waals surface area contributed by atoms with Crippen LogP contribution >= 0.6 is 0 Å². The molecular formula is C80H59N3O2. The first kappa shape index (κ1) is 50.1. The van der Waals surface area contributed by atoms with Crippen LogP contribution in [0.3, 0.4) is 0 Å². The fourth-order valence-corrected chi connectivity index (χ4v) is 13.9. The number of aryl methyl sites for hydroxylation is 4. The molecule has 13 aromatic carbocycles. The van der Waals surface area contributed by atoms with Crippen LogP contribution in [0.4, 0.5) is 51.2 Å². The van der Waals surface area contributed by atoms with Gasteiger partial charge in [-0.15, -0.1) is 0 Å². The lowest BCUT2D eigenvalue weighted by atomic mass is 9.82. The van der Waals surface area contributed by atoms with E-state index >= 15 is 0 Å². The van der Waals surface area contributed by atoms with E-state index in [2.05, 4.69) is 303 Å². The van der Waals surface area contributed by atoms with Crippen molar-refractivity contribution in [3.05, 3.63) is 305 Å². The summed E-state index contributed by atoms with van der Waals surface area (Å²) in [4.78, 5) is 7.44. The molecule has 0 amide bonds. The van der Waals surface area contributed by atoms with Crippen LogP contribution in [0.25, 0.3) is 76.5 Å². The van der Waals surface area contributed by atoms with E-state index < -0.39 is 0 Å². The van der Waals surface area contributed by atoms with E-state index in [1.54, 1.807) is 0 Å². The number of hydrogen-bond donors (Lipinski definition) is 0. The molecule has 85 heavy (non-hydrogen) atoms. The summed E-state index contributed by atoms with van der Waals surface area (Å²) in [5.74, 6) is 0. The van der Waals surface area contributed by atoms with Crippen molar-refractivity contribution in [2.24, 2.45) is 0 Å². The van der Waals surface area contributed by atoms with Crippen LogP contribution in [0.1, 0.15) is 44.5 Å². The van der Waals surface area contributed by atoms with Gasteiger partial charge < -0.3 is 23.5 Å². The molecule has 0 aliphatic carbocycles. The van der Waals surface area contributed by atoms with Gasteiger partial charge in [-0.25, -0.2) is 0 Å². The third-order valence-corrected chi connectivity index (χ3v) is 17.8. The molecule has 0 saturated heterocycles. The van der Waals surface area contributed by atoms with Gasteiger partial charge in [0.15, 0.2) is 11.2 Å². The molecule has 1 aliphatic rings. The number of para-hydroxylation sites is 9. The lowest BCUT2D eigenvalue weighted by Gasteiger charge is -2.32. The molecule has 5 heteroatoms. The topological polar surface area (TPSA) is 36.0 Å². The van der Waals surface area contributed by atoms with Crippen molar-refractivity contribution in [1.82, 2.24) is 0 Å². The minimum atomic E-state index is 0.628. The van der Waals surface area contributed by atoms with Gasteiger partial charge in [0.25, 0.3) is 0 Å². The Bertz CT molecular complexity index is 4860. The Kier molecular flexibility index (Phi) is 11.8. The predicted molar refractivity (Wildman–Crippen MR) is 356 cm³/mol. The van der Waals surface area contributed by atoms with E-state index in [1.165, 1.54) is 44.2 Å². The molecule has 0 bridgehead atoms. The standard InChI is InChI=1S/C80H59N3O2/c1-50-24-8-16-40-67(50)82(71-44-22-38-65-63-36-20-26-52(3)77(63)84-79(65)71)73-48-56-46-54-28-10-18-42-69(54)81(58-30-6-5-7-31-58)70-43-19-11-29-55(70)47-57-49-74(60-33-13-15-35-62(60)76(57)75(56)61-34-14-12-32-59(61)73)83(68-41-17-9-25-51(68)2)72-45-23-39-66-64-37-21-27-53(4)78(64)85-80(66)72/h5-45,48-49H,46-47H2,1-4H3. The fraction of sp³-hybridized carbons (Fsp3) is 0.0750. The molecule has 15 aromatic rings. The Hall–Kier alpha value is -10.6. The zero-order chi connectivity index (χ0) is 56.9. The summed E-state index contributed by atoms with van der Waals surface area (Å²) in [6.45, 7) is 8.72. The van der Waals surface area contributed by atoms with Gasteiger partial charge in [-0.2, -0.15) is 0 Å². The Labute approximate surface area is 494 Å². The first-order valence-electron chi connectivity index (χ1n) is 29.5. The summed E-state index contributed by atoms with van der Waals surface area (Å²) < 4.78 is 14.2. The van der Waals surface area contributed by atoms with Gasteiger partial charge in [0.2, 0.25) is 0 Å². The van der Waals surface area contributed by atoms with Crippen LogP contribution in [-0.2, 0) is 12.8 Å². The maximum absolute atomic E-state index is 7.10. The number of rotatable bonds is 7. The summed E-state index contributed by atoms with van der Waals surface area (Å²) >= 11 is 0. The molecule has 406 valence electrons. The van der Waals surface area contributed by atoms with Crippen LogP contribution in [0, 0.1) is 27.7 Å². The number of anilines is 9. The molecule has 0 saturated carbocycles. The van der Waals surface area contributed by atoms with Crippen molar-refractivity contribution in [1.29, 1.82) is 0 Å². The summed E-state index contributed by atoms with van der Waals surface area (Å²) in [7, 11) is 0. The lowest BCUT2D eigenvalue weighted by Crippen LogP contribution is -2.15. The first-order valence-corrected chi connectivity index (χ1v) is 29.5. The van der Waals surface area contributed by atoms with Crippen LogP contribution in [0.2, 0.25) is 0 Å². The highest BCUT2D eigenvalue weighted by Crippen LogP contribution is 2.54. The molecule has 2 aromatic heterocycles. The normalized spacial score (nSPS) is 12.4. The van der Waals surface area contributed by atoms with E-state index in [0.717, 1.165) is 128 Å². The lowest BCUT2D eigenvalue weighted by molar-refractivity contribution is 0.665. The van der Waals surface area contributed by atoms with Gasteiger partial charge in [-0.05, 0) is 155 Å². The second-order valence-corrected chi connectivity index (χ2v) is 22.9. The average molecular weight is 1090 g/mol. The van der Waals surface area contributed by atoms with Gasteiger partial charge in [0.1, 0.15) is 11.2 Å². The minimum absolute atomic E-state index is 0.628. The molecule has 0 unspecified atom stereocenters. The highest BCUT2D eigenvalue weighted by atomic mass is 16.3. The van der Waals surface area contributed by atoms with Crippen LogP contribution in [0.5, 0.6) is 0 Å². The molecule has 0 spiro atoms. The van der Waals surface area contributed by atoms with E-state index in [4.69, 9.17) is 8.83 Å². The highest BCUT2D eigenvalue weighted by Gasteiger charge is 2.31. The summed E-state index contributed by atoms with van der Waals surface area (Å²) in [6.07, 6.45) is 1.26. The van der Waals surface area contributed by atoms with Gasteiger partial charge >= 0.3 is 0 Å². The SMILES string of the molecule is Cc1ccccc1N(c1cc2c(c3ccccc13)-c1c(cc(N(c3ccccc3C)c3cccc4c3oc3c(C)cccc34)c3ccccc13)Cc1ccccc1N(c1ccccc1)c1ccccc1C2)c1cccc2c1oc1c(C)cccc12. The Morgan fingerprint density at radius 1 is 0.271 bits per heavy atom. The molecule has 0 fully saturated rings. The predicted octanol–water partition coefficient (Wildman–Crippen LogP) is 22.6. The molecule has 5 nitrogen and oxygen atoms in total. The largest absolute Gasteiger partial charge is 0.454 e. The third kappa shape index (κ3) is 8.06. The zero-order valence-corrected chi connectivity index (χ0v) is 47.9. The Morgan fingerprint density at radius 2 is 0.612 bits per heavy atom. The second kappa shape index (κ2) is 20.1. The molecule has 0 radical (unpaired) electrons. The van der Waals surface area contributed by atoms with Crippen LogP contribution in [0.15, 0.2) is 270 Å². The molecule has 0 N–H and O–H groups in total. The maximum Gasteiger partial charge on any atom is 0.159 e. The molecule has 1 aliphatic heterocycles. The van der Waals surface area contributed by atoms with Crippen molar-refractivity contribution >= 4 is 117 Å². The number of nitrogens with zero attached hydrogens (tertiary/aromatic N) is 3. The van der Waals surface area contributed by atoms with E-state index in [1.807, 2.05) is 0 Å². The highest BCUT2D eigenvalue weighted by molar-refractivity contribution is 6.18. The molecule has 3 heterocycles. The maximum atomic E-state index is 7.10. The van der Waals surface area contributed by atoms with Crippen molar-refractivity contribution < 1.29 is 8.83 Å². The van der Waals surface area contributed by atoms with Gasteiger partial charge in [-0.1, -0.05) is 200 Å². The van der Waals surface area contributed by atoms with Gasteiger partial charge in [-0.3, -0.25) is 0 Å². The second-order valence-electron chi connectivity index (χ2n) is 22.9. The fourth-order valence-electron chi connectivity index (χ4n) is 13.9. The molecular weight excluding hydrogens is 1030 g/mol. The number of fused-ring (bicyclic) bond motifs is 15. The Balaban J connectivity index is 1.05. The smallest absolute Gasteiger partial charge is 0.159 e. The Morgan fingerprint density at radius 3 is 1.07 bits per heavy atom. The summed E-state index contributed by atoms with van der Waals surface area (Å²) in [5.41, 5.74) is 25.0. The monoisotopic (exact) mass is 1090 g/mol. The summed E-state index contributed by atoms with van der Waals surface area (Å²) in [6, 6.07) is 96.0. The van der Waals surface area contributed by atoms with Crippen molar-refractivity contribution in [3.63, 3.8) is 0 Å². The number of benzene rings is 13. The van der Waals surface area contributed by atoms with Crippen molar-refractivity contribution in [2.45, 2.75) is 40.5 Å². The average Bonchev–Trinajstić information content (AvgIpc) is 1.79. The van der Waals surface area contributed by atoms with Crippen molar-refractivity contribution in [3.8, 4) is 11.1 Å². The van der Waals surface area contributed by atoms with E-state index in [9.17, 15) is 0 Å². The van der Waals surface area contributed by atoms with Gasteiger partial charge in [0.05, 0.1) is 22.7 Å². The first-order chi connectivity index (χ1) is 41.9. The van der Waals surface area contributed by atoms with E-state index in [-0.39, 0.29) is 0 Å². The quantitative estimate of drug-likeness (QED) is 0.159. The zero-order valence-electron chi connectivity index (χ0n) is 47.9. The third-order valence-electron chi connectivity index (χ3n) is 17.8. The van der Waals surface area contributed by atoms with Crippen LogP contribution < -0.4 is 14.7 Å². The number of hydrogen-bond acceptors (Lipinski definition) is 5. The minimum Gasteiger partial charge on any atom is -0.454 e. The van der Waals surface area contributed by atoms with Crippen LogP contribution in [-0.4, -0.2) is 0 Å². The number of furan rings is 2. The van der Waals surface area contributed by atoms with E-state index in [0.29, 0.717) is 12.8 Å².